The van der Waals surface area contributed by atoms with Crippen LogP contribution >= 0.6 is 0 Å². The number of hydrogen-bond donors (Lipinski definition) is 1. The Balaban J connectivity index is 1.60. The summed E-state index contributed by atoms with van der Waals surface area (Å²) in [6.07, 6.45) is 7.04. The fourth-order valence-electron chi connectivity index (χ4n) is 1.46. The van der Waals surface area contributed by atoms with Gasteiger partial charge < -0.3 is 14.5 Å². The summed E-state index contributed by atoms with van der Waals surface area (Å²) in [5.41, 5.74) is 1.14. The summed E-state index contributed by atoms with van der Waals surface area (Å²) in [5.74, 6) is 0.817. The number of aryl methyl sites for hydroxylation is 1. The molecule has 2 aromatic rings. The molecule has 0 bridgehead atoms. The standard InChI is InChI=1S/C12H17N3O2/c1-2-15-9-12(8-14-15)17-6-4-13-7-11-3-5-16-10-11/h3,5,8-10,13H,2,4,6-7H2,1H3. The van der Waals surface area contributed by atoms with E-state index in [9.17, 15) is 0 Å². The van der Waals surface area contributed by atoms with Gasteiger partial charge in [-0.3, -0.25) is 4.68 Å². The summed E-state index contributed by atoms with van der Waals surface area (Å²) >= 11 is 0. The SMILES string of the molecule is CCn1cc(OCCNCc2ccoc2)cn1. The lowest BCUT2D eigenvalue weighted by Crippen LogP contribution is -2.20. The highest BCUT2D eigenvalue weighted by atomic mass is 16.5. The Labute approximate surface area is 100 Å². The van der Waals surface area contributed by atoms with E-state index in [1.165, 1.54) is 0 Å². The highest BCUT2D eigenvalue weighted by Crippen LogP contribution is 2.07. The highest BCUT2D eigenvalue weighted by Gasteiger charge is 1.98. The zero-order valence-corrected chi connectivity index (χ0v) is 9.93. The van der Waals surface area contributed by atoms with E-state index in [2.05, 4.69) is 10.4 Å². The van der Waals surface area contributed by atoms with E-state index in [0.717, 1.165) is 30.9 Å². The maximum Gasteiger partial charge on any atom is 0.157 e. The Morgan fingerprint density at radius 2 is 2.47 bits per heavy atom. The van der Waals surface area contributed by atoms with Crippen LogP contribution in [0.5, 0.6) is 5.75 Å². The zero-order chi connectivity index (χ0) is 11.9. The van der Waals surface area contributed by atoms with Crippen LogP contribution in [0.25, 0.3) is 0 Å². The van der Waals surface area contributed by atoms with Crippen LogP contribution in [-0.2, 0) is 13.1 Å². The summed E-state index contributed by atoms with van der Waals surface area (Å²) in [7, 11) is 0. The van der Waals surface area contributed by atoms with E-state index in [1.54, 1.807) is 18.7 Å². The lowest BCUT2D eigenvalue weighted by atomic mass is 10.3. The Morgan fingerprint density at radius 1 is 1.53 bits per heavy atom. The first-order valence-corrected chi connectivity index (χ1v) is 5.75. The van der Waals surface area contributed by atoms with Crippen molar-refractivity contribution in [3.63, 3.8) is 0 Å². The molecule has 5 nitrogen and oxygen atoms in total. The van der Waals surface area contributed by atoms with Gasteiger partial charge in [-0.2, -0.15) is 5.10 Å². The predicted octanol–water partition coefficient (Wildman–Crippen LogP) is 1.66. The van der Waals surface area contributed by atoms with Crippen LogP contribution in [-0.4, -0.2) is 22.9 Å². The van der Waals surface area contributed by atoms with Gasteiger partial charge in [-0.15, -0.1) is 0 Å². The molecule has 0 radical (unpaired) electrons. The van der Waals surface area contributed by atoms with E-state index < -0.39 is 0 Å². The van der Waals surface area contributed by atoms with E-state index in [-0.39, 0.29) is 0 Å². The maximum atomic E-state index is 5.54. The van der Waals surface area contributed by atoms with Crippen LogP contribution in [0.15, 0.2) is 35.4 Å². The molecule has 92 valence electrons. The van der Waals surface area contributed by atoms with Gasteiger partial charge in [0.1, 0.15) is 6.61 Å². The van der Waals surface area contributed by atoms with Crippen LogP contribution in [0, 0.1) is 0 Å². The second-order valence-electron chi connectivity index (χ2n) is 3.69. The number of nitrogens with one attached hydrogen (secondary N) is 1. The van der Waals surface area contributed by atoms with Crippen molar-refractivity contribution in [1.29, 1.82) is 0 Å². The van der Waals surface area contributed by atoms with Gasteiger partial charge in [0, 0.05) is 25.2 Å². The van der Waals surface area contributed by atoms with Crippen molar-refractivity contribution in [2.45, 2.75) is 20.0 Å². The Bertz CT molecular complexity index is 423. The minimum atomic E-state index is 0.632. The van der Waals surface area contributed by atoms with E-state index in [4.69, 9.17) is 9.15 Å². The summed E-state index contributed by atoms with van der Waals surface area (Å²) in [4.78, 5) is 0. The van der Waals surface area contributed by atoms with Crippen LogP contribution in [0.4, 0.5) is 0 Å². The number of furan rings is 1. The minimum absolute atomic E-state index is 0.632. The molecular weight excluding hydrogens is 218 g/mol. The average molecular weight is 235 g/mol. The van der Waals surface area contributed by atoms with Gasteiger partial charge in [-0.25, -0.2) is 0 Å². The fourth-order valence-corrected chi connectivity index (χ4v) is 1.46. The molecule has 0 amide bonds. The molecular formula is C12H17N3O2. The third-order valence-corrected chi connectivity index (χ3v) is 2.39. The predicted molar refractivity (Wildman–Crippen MR) is 63.8 cm³/mol. The first-order chi connectivity index (χ1) is 8.38. The highest BCUT2D eigenvalue weighted by molar-refractivity contribution is 5.11. The quantitative estimate of drug-likeness (QED) is 0.742. The van der Waals surface area contributed by atoms with Crippen LogP contribution < -0.4 is 10.1 Å². The Hall–Kier alpha value is -1.75. The first-order valence-electron chi connectivity index (χ1n) is 5.75. The third kappa shape index (κ3) is 3.64. The monoisotopic (exact) mass is 235 g/mol. The second-order valence-corrected chi connectivity index (χ2v) is 3.69. The smallest absolute Gasteiger partial charge is 0.157 e. The van der Waals surface area contributed by atoms with Gasteiger partial charge >= 0.3 is 0 Å². The average Bonchev–Trinajstić information content (AvgIpc) is 2.99. The largest absolute Gasteiger partial charge is 0.489 e. The van der Waals surface area contributed by atoms with Gasteiger partial charge in [0.25, 0.3) is 0 Å². The van der Waals surface area contributed by atoms with Crippen molar-refractivity contribution in [3.05, 3.63) is 36.5 Å². The molecule has 2 aromatic heterocycles. The van der Waals surface area contributed by atoms with Crippen LogP contribution in [0.1, 0.15) is 12.5 Å². The third-order valence-electron chi connectivity index (χ3n) is 2.39. The lowest BCUT2D eigenvalue weighted by molar-refractivity contribution is 0.313. The molecule has 5 heteroatoms. The molecule has 0 spiro atoms. The van der Waals surface area contributed by atoms with E-state index >= 15 is 0 Å². The number of nitrogens with zero attached hydrogens (tertiary/aromatic N) is 2. The fraction of sp³-hybridized carbons (Fsp3) is 0.417. The Morgan fingerprint density at radius 3 is 3.18 bits per heavy atom. The van der Waals surface area contributed by atoms with Gasteiger partial charge in [0.15, 0.2) is 5.75 Å². The number of rotatable bonds is 7. The second kappa shape index (κ2) is 6.10. The molecule has 0 atom stereocenters. The van der Waals surface area contributed by atoms with Gasteiger partial charge in [-0.05, 0) is 13.0 Å². The molecule has 2 heterocycles. The number of aromatic nitrogens is 2. The maximum absolute atomic E-state index is 5.54. The van der Waals surface area contributed by atoms with E-state index in [1.807, 2.05) is 23.9 Å². The van der Waals surface area contributed by atoms with Crippen molar-refractivity contribution in [2.75, 3.05) is 13.2 Å². The lowest BCUT2D eigenvalue weighted by Gasteiger charge is -2.04. The molecule has 0 saturated heterocycles. The molecule has 0 saturated carbocycles. The molecule has 0 unspecified atom stereocenters. The minimum Gasteiger partial charge on any atom is -0.489 e. The molecule has 0 aliphatic heterocycles. The zero-order valence-electron chi connectivity index (χ0n) is 9.93. The van der Waals surface area contributed by atoms with Crippen molar-refractivity contribution in [3.8, 4) is 5.75 Å². The van der Waals surface area contributed by atoms with Crippen molar-refractivity contribution in [2.24, 2.45) is 0 Å². The van der Waals surface area contributed by atoms with E-state index in [0.29, 0.717) is 6.61 Å². The van der Waals surface area contributed by atoms with Gasteiger partial charge in [0.05, 0.1) is 24.9 Å². The summed E-state index contributed by atoms with van der Waals surface area (Å²) < 4.78 is 12.4. The topological polar surface area (TPSA) is 52.2 Å². The summed E-state index contributed by atoms with van der Waals surface area (Å²) in [6.45, 7) is 5.13. The molecule has 0 aromatic carbocycles. The molecule has 1 N–H and O–H groups in total. The molecule has 2 rings (SSSR count). The number of ether oxygens (including phenoxy) is 1. The van der Waals surface area contributed by atoms with Crippen molar-refractivity contribution in [1.82, 2.24) is 15.1 Å². The van der Waals surface area contributed by atoms with Crippen molar-refractivity contribution >= 4 is 0 Å². The first kappa shape index (κ1) is 11.7. The van der Waals surface area contributed by atoms with Crippen LogP contribution in [0.3, 0.4) is 0 Å². The molecule has 0 fully saturated rings. The van der Waals surface area contributed by atoms with Gasteiger partial charge in [-0.1, -0.05) is 0 Å². The summed E-state index contributed by atoms with van der Waals surface area (Å²) in [6, 6.07) is 1.94. The normalized spacial score (nSPS) is 10.6. The summed E-state index contributed by atoms with van der Waals surface area (Å²) in [5, 5.41) is 7.40. The molecule has 0 aliphatic carbocycles. The van der Waals surface area contributed by atoms with Gasteiger partial charge in [0.2, 0.25) is 0 Å². The molecule has 17 heavy (non-hydrogen) atoms. The molecule has 0 aliphatic rings. The van der Waals surface area contributed by atoms with Crippen LogP contribution in [0.2, 0.25) is 0 Å². The number of hydrogen-bond acceptors (Lipinski definition) is 4. The van der Waals surface area contributed by atoms with Crippen molar-refractivity contribution < 1.29 is 9.15 Å². The Kier molecular flexibility index (Phi) is 4.21.